The number of nitrogens with one attached hydrogen (secondary N) is 1. The molecule has 0 aliphatic carbocycles. The molecule has 1 heterocycles. The van der Waals surface area contributed by atoms with Crippen LogP contribution in [0.2, 0.25) is 5.02 Å². The first-order chi connectivity index (χ1) is 10.2. The third-order valence-corrected chi connectivity index (χ3v) is 3.66. The molecule has 3 aromatic rings. The minimum Gasteiger partial charge on any atom is -0.381 e. The summed E-state index contributed by atoms with van der Waals surface area (Å²) in [6.07, 6.45) is 5.50. The summed E-state index contributed by atoms with van der Waals surface area (Å²) in [7, 11) is 0. The van der Waals surface area contributed by atoms with Crippen LogP contribution in [0.4, 0.5) is 5.69 Å². The highest BCUT2D eigenvalue weighted by Gasteiger charge is 2.00. The Hall–Kier alpha value is -2.26. The van der Waals surface area contributed by atoms with Crippen LogP contribution < -0.4 is 5.32 Å². The van der Waals surface area contributed by atoms with Gasteiger partial charge in [-0.3, -0.25) is 0 Å². The van der Waals surface area contributed by atoms with Crippen molar-refractivity contribution in [1.29, 1.82) is 0 Å². The van der Waals surface area contributed by atoms with Crippen LogP contribution in [0, 0.1) is 6.92 Å². The molecule has 0 aliphatic heterocycles. The third kappa shape index (κ3) is 3.26. The molecular formula is C17H16ClN3. The molecule has 0 saturated heterocycles. The minimum absolute atomic E-state index is 0.749. The highest BCUT2D eigenvalue weighted by Crippen LogP contribution is 2.21. The maximum Gasteiger partial charge on any atom is 0.0991 e. The van der Waals surface area contributed by atoms with Crippen molar-refractivity contribution in [2.24, 2.45) is 0 Å². The van der Waals surface area contributed by atoms with Crippen molar-refractivity contribution in [2.45, 2.75) is 13.5 Å². The Bertz CT molecular complexity index is 718. The van der Waals surface area contributed by atoms with E-state index in [2.05, 4.69) is 41.5 Å². The SMILES string of the molecule is Cc1ccc(Cl)cc1NCc1ccc(-n2ccnc2)cc1. The van der Waals surface area contributed by atoms with Crippen LogP contribution in [-0.4, -0.2) is 9.55 Å². The fourth-order valence-electron chi connectivity index (χ4n) is 2.18. The predicted octanol–water partition coefficient (Wildman–Crippen LogP) is 4.45. The molecule has 3 rings (SSSR count). The van der Waals surface area contributed by atoms with Crippen LogP contribution in [0.1, 0.15) is 11.1 Å². The van der Waals surface area contributed by atoms with Crippen LogP contribution >= 0.6 is 11.6 Å². The smallest absolute Gasteiger partial charge is 0.0991 e. The van der Waals surface area contributed by atoms with Crippen LogP contribution in [-0.2, 0) is 6.54 Å². The van der Waals surface area contributed by atoms with E-state index in [-0.39, 0.29) is 0 Å². The molecule has 0 atom stereocenters. The Labute approximate surface area is 129 Å². The quantitative estimate of drug-likeness (QED) is 0.771. The van der Waals surface area contributed by atoms with Crippen LogP contribution in [0.15, 0.2) is 61.2 Å². The van der Waals surface area contributed by atoms with Crippen LogP contribution in [0.25, 0.3) is 5.69 Å². The molecule has 0 spiro atoms. The number of hydrogen-bond donors (Lipinski definition) is 1. The van der Waals surface area contributed by atoms with Gasteiger partial charge in [-0.05, 0) is 42.3 Å². The first kappa shape index (κ1) is 13.7. The number of halogens is 1. The molecule has 106 valence electrons. The topological polar surface area (TPSA) is 29.9 Å². The maximum atomic E-state index is 6.03. The second kappa shape index (κ2) is 6.02. The maximum absolute atomic E-state index is 6.03. The number of anilines is 1. The summed E-state index contributed by atoms with van der Waals surface area (Å²) in [4.78, 5) is 4.05. The number of hydrogen-bond acceptors (Lipinski definition) is 2. The first-order valence-corrected chi connectivity index (χ1v) is 7.17. The van der Waals surface area contributed by atoms with Gasteiger partial charge in [-0.1, -0.05) is 29.8 Å². The van der Waals surface area contributed by atoms with Gasteiger partial charge < -0.3 is 9.88 Å². The molecular weight excluding hydrogens is 282 g/mol. The van der Waals surface area contributed by atoms with E-state index < -0.39 is 0 Å². The van der Waals surface area contributed by atoms with Crippen molar-refractivity contribution in [2.75, 3.05) is 5.32 Å². The van der Waals surface area contributed by atoms with E-state index in [4.69, 9.17) is 11.6 Å². The highest BCUT2D eigenvalue weighted by molar-refractivity contribution is 6.30. The number of benzene rings is 2. The van der Waals surface area contributed by atoms with Crippen molar-refractivity contribution in [3.8, 4) is 5.69 Å². The summed E-state index contributed by atoms with van der Waals surface area (Å²) in [6.45, 7) is 2.84. The zero-order valence-electron chi connectivity index (χ0n) is 11.8. The molecule has 21 heavy (non-hydrogen) atoms. The summed E-state index contributed by atoms with van der Waals surface area (Å²) in [5, 5.41) is 4.17. The number of nitrogens with zero attached hydrogens (tertiary/aromatic N) is 2. The molecule has 1 aromatic heterocycles. The fourth-order valence-corrected chi connectivity index (χ4v) is 2.35. The predicted molar refractivity (Wildman–Crippen MR) is 87.1 cm³/mol. The average Bonchev–Trinajstić information content (AvgIpc) is 3.03. The summed E-state index contributed by atoms with van der Waals surface area (Å²) >= 11 is 6.03. The second-order valence-corrected chi connectivity index (χ2v) is 5.39. The zero-order chi connectivity index (χ0) is 14.7. The van der Waals surface area contributed by atoms with Crippen molar-refractivity contribution in [3.05, 3.63) is 77.3 Å². The molecule has 0 bridgehead atoms. The molecule has 3 nitrogen and oxygen atoms in total. The molecule has 0 saturated carbocycles. The van der Waals surface area contributed by atoms with Gasteiger partial charge in [0.2, 0.25) is 0 Å². The third-order valence-electron chi connectivity index (χ3n) is 3.42. The van der Waals surface area contributed by atoms with Gasteiger partial charge in [0.15, 0.2) is 0 Å². The van der Waals surface area contributed by atoms with E-state index in [1.54, 1.807) is 12.5 Å². The van der Waals surface area contributed by atoms with Gasteiger partial charge >= 0.3 is 0 Å². The van der Waals surface area contributed by atoms with Gasteiger partial charge in [0, 0.05) is 35.3 Å². The van der Waals surface area contributed by atoms with Crippen molar-refractivity contribution in [1.82, 2.24) is 9.55 Å². The fraction of sp³-hybridized carbons (Fsp3) is 0.118. The molecule has 2 aromatic carbocycles. The molecule has 0 radical (unpaired) electrons. The number of imidazole rings is 1. The molecule has 1 N–H and O–H groups in total. The van der Waals surface area contributed by atoms with E-state index >= 15 is 0 Å². The van der Waals surface area contributed by atoms with Gasteiger partial charge in [0.25, 0.3) is 0 Å². The molecule has 0 fully saturated rings. The highest BCUT2D eigenvalue weighted by atomic mass is 35.5. The van der Waals surface area contributed by atoms with E-state index in [0.717, 1.165) is 22.9 Å². The Morgan fingerprint density at radius 3 is 2.67 bits per heavy atom. The lowest BCUT2D eigenvalue weighted by molar-refractivity contribution is 1.05. The van der Waals surface area contributed by atoms with Crippen LogP contribution in [0.5, 0.6) is 0 Å². The molecule has 0 aliphatic rings. The summed E-state index contributed by atoms with van der Waals surface area (Å²) in [5.41, 5.74) is 4.59. The standard InChI is InChI=1S/C17H16ClN3/c1-13-2-5-15(18)10-17(13)20-11-14-3-6-16(7-4-14)21-9-8-19-12-21/h2-10,12,20H,11H2,1H3. The number of rotatable bonds is 4. The Kier molecular flexibility index (Phi) is 3.93. The minimum atomic E-state index is 0.749. The molecule has 0 unspecified atom stereocenters. The lowest BCUT2D eigenvalue weighted by Gasteiger charge is -2.10. The number of aryl methyl sites for hydroxylation is 1. The monoisotopic (exact) mass is 297 g/mol. The summed E-state index contributed by atoms with van der Waals surface area (Å²) in [5.74, 6) is 0. The van der Waals surface area contributed by atoms with Gasteiger partial charge in [0.05, 0.1) is 6.33 Å². The van der Waals surface area contributed by atoms with Crippen molar-refractivity contribution < 1.29 is 0 Å². The normalized spacial score (nSPS) is 10.6. The largest absolute Gasteiger partial charge is 0.381 e. The average molecular weight is 298 g/mol. The Morgan fingerprint density at radius 1 is 1.14 bits per heavy atom. The van der Waals surface area contributed by atoms with Crippen molar-refractivity contribution in [3.63, 3.8) is 0 Å². The first-order valence-electron chi connectivity index (χ1n) is 6.80. The van der Waals surface area contributed by atoms with Gasteiger partial charge in [0.1, 0.15) is 0 Å². The summed E-state index contributed by atoms with van der Waals surface area (Å²) < 4.78 is 1.98. The Balaban J connectivity index is 1.70. The van der Waals surface area contributed by atoms with E-state index in [1.165, 1.54) is 11.1 Å². The van der Waals surface area contributed by atoms with Crippen LogP contribution in [0.3, 0.4) is 0 Å². The lowest BCUT2D eigenvalue weighted by Crippen LogP contribution is -2.01. The molecule has 0 amide bonds. The zero-order valence-corrected chi connectivity index (χ0v) is 12.5. The van der Waals surface area contributed by atoms with Gasteiger partial charge in [-0.25, -0.2) is 4.98 Å². The van der Waals surface area contributed by atoms with Crippen molar-refractivity contribution >= 4 is 17.3 Å². The van der Waals surface area contributed by atoms with Gasteiger partial charge in [-0.2, -0.15) is 0 Å². The van der Waals surface area contributed by atoms with Gasteiger partial charge in [-0.15, -0.1) is 0 Å². The molecule has 4 heteroatoms. The van der Waals surface area contributed by atoms with E-state index in [0.29, 0.717) is 0 Å². The van der Waals surface area contributed by atoms with E-state index in [1.807, 2.05) is 29.0 Å². The second-order valence-electron chi connectivity index (χ2n) is 4.95. The summed E-state index contributed by atoms with van der Waals surface area (Å²) in [6, 6.07) is 14.3. The number of aromatic nitrogens is 2. The van der Waals surface area contributed by atoms with E-state index in [9.17, 15) is 0 Å². The Morgan fingerprint density at radius 2 is 1.95 bits per heavy atom. The lowest BCUT2D eigenvalue weighted by atomic mass is 10.1.